The highest BCUT2D eigenvalue weighted by molar-refractivity contribution is 7.20. The fourth-order valence-corrected chi connectivity index (χ4v) is 6.01. The van der Waals surface area contributed by atoms with Crippen LogP contribution in [0.25, 0.3) is 10.1 Å². The molecular formula is C28H33N5O2S. The second kappa shape index (κ2) is 10.7. The maximum absolute atomic E-state index is 13.8. The van der Waals surface area contributed by atoms with Crippen molar-refractivity contribution in [1.29, 1.82) is 5.53 Å². The molecule has 4 rings (SSSR count). The SMILES string of the molecule is CC(C)(C)C1CCC(N(Cc2ccc(C(=O)N=C(N)N=N)cc2)C(=O)c2cc3ccccc3s2)CC1. The Morgan fingerprint density at radius 2 is 1.72 bits per heavy atom. The van der Waals surface area contributed by atoms with Gasteiger partial charge in [0, 0.05) is 22.8 Å². The van der Waals surface area contributed by atoms with Gasteiger partial charge in [-0.25, -0.2) is 5.53 Å². The molecule has 2 aromatic carbocycles. The third-order valence-corrected chi connectivity index (χ3v) is 8.25. The molecule has 1 fully saturated rings. The topological polar surface area (TPSA) is 112 Å². The van der Waals surface area contributed by atoms with E-state index in [1.54, 1.807) is 23.5 Å². The minimum atomic E-state index is -0.547. The summed E-state index contributed by atoms with van der Waals surface area (Å²) < 4.78 is 1.11. The molecule has 0 aliphatic heterocycles. The Hall–Kier alpha value is -3.39. The zero-order valence-electron chi connectivity index (χ0n) is 21.0. The van der Waals surface area contributed by atoms with Crippen molar-refractivity contribution in [2.24, 2.45) is 27.2 Å². The molecule has 1 aliphatic carbocycles. The molecule has 0 atom stereocenters. The van der Waals surface area contributed by atoms with Gasteiger partial charge in [0.25, 0.3) is 11.8 Å². The van der Waals surface area contributed by atoms with Crippen LogP contribution in [0.2, 0.25) is 0 Å². The molecule has 3 aromatic rings. The summed E-state index contributed by atoms with van der Waals surface area (Å²) in [4.78, 5) is 32.4. The Labute approximate surface area is 215 Å². The van der Waals surface area contributed by atoms with Crippen LogP contribution in [0.3, 0.4) is 0 Å². The summed E-state index contributed by atoms with van der Waals surface area (Å²) in [5, 5.41) is 4.05. The molecule has 1 aromatic heterocycles. The normalized spacial score (nSPS) is 18.7. The molecule has 1 heterocycles. The lowest BCUT2D eigenvalue weighted by Crippen LogP contribution is -2.42. The van der Waals surface area contributed by atoms with Gasteiger partial charge in [0.05, 0.1) is 4.88 Å². The summed E-state index contributed by atoms with van der Waals surface area (Å²) in [6.07, 6.45) is 4.19. The number of fused-ring (bicyclic) bond motifs is 1. The van der Waals surface area contributed by atoms with Gasteiger partial charge in [0.2, 0.25) is 5.96 Å². The van der Waals surface area contributed by atoms with Crippen molar-refractivity contribution in [2.75, 3.05) is 0 Å². The van der Waals surface area contributed by atoms with Gasteiger partial charge in [-0.2, -0.15) is 4.99 Å². The first-order valence-electron chi connectivity index (χ1n) is 12.3. The lowest BCUT2D eigenvalue weighted by Gasteiger charge is -2.41. The zero-order valence-corrected chi connectivity index (χ0v) is 21.8. The van der Waals surface area contributed by atoms with E-state index in [2.05, 4.69) is 36.9 Å². The number of carbonyl (C=O) groups is 2. The Bertz CT molecular complexity index is 1250. The second-order valence-electron chi connectivity index (χ2n) is 10.5. The lowest BCUT2D eigenvalue weighted by atomic mass is 9.71. The van der Waals surface area contributed by atoms with Gasteiger partial charge >= 0.3 is 0 Å². The molecule has 2 amide bonds. The number of nitrogens with two attached hydrogens (primary N) is 1. The van der Waals surface area contributed by atoms with Crippen LogP contribution in [-0.2, 0) is 6.54 Å². The summed E-state index contributed by atoms with van der Waals surface area (Å²) in [6.45, 7) is 7.38. The van der Waals surface area contributed by atoms with E-state index in [-0.39, 0.29) is 23.3 Å². The van der Waals surface area contributed by atoms with E-state index < -0.39 is 5.91 Å². The summed E-state index contributed by atoms with van der Waals surface area (Å²) in [6, 6.07) is 17.3. The molecule has 188 valence electrons. The number of rotatable bonds is 5. The minimum Gasteiger partial charge on any atom is -0.366 e. The van der Waals surface area contributed by atoms with E-state index >= 15 is 0 Å². The van der Waals surface area contributed by atoms with Gasteiger partial charge in [0.15, 0.2) is 0 Å². The van der Waals surface area contributed by atoms with E-state index in [9.17, 15) is 9.59 Å². The molecule has 0 unspecified atom stereocenters. The summed E-state index contributed by atoms with van der Waals surface area (Å²) in [7, 11) is 0. The molecule has 3 N–H and O–H groups in total. The van der Waals surface area contributed by atoms with Gasteiger partial charge in [-0.15, -0.1) is 16.5 Å². The summed E-state index contributed by atoms with van der Waals surface area (Å²) >= 11 is 1.54. The van der Waals surface area contributed by atoms with Crippen LogP contribution in [0, 0.1) is 16.9 Å². The number of hydrogen-bond donors (Lipinski definition) is 2. The van der Waals surface area contributed by atoms with Gasteiger partial charge in [-0.1, -0.05) is 51.1 Å². The third-order valence-electron chi connectivity index (χ3n) is 7.14. The molecule has 0 bridgehead atoms. The van der Waals surface area contributed by atoms with Crippen molar-refractivity contribution < 1.29 is 9.59 Å². The average molecular weight is 504 g/mol. The van der Waals surface area contributed by atoms with Gasteiger partial charge < -0.3 is 10.6 Å². The van der Waals surface area contributed by atoms with E-state index in [0.29, 0.717) is 18.0 Å². The van der Waals surface area contributed by atoms with Crippen LogP contribution >= 0.6 is 11.3 Å². The number of aliphatic imine (C=N–C) groups is 1. The Morgan fingerprint density at radius 3 is 2.33 bits per heavy atom. The smallest absolute Gasteiger partial charge is 0.280 e. The number of thiophene rings is 1. The van der Waals surface area contributed by atoms with E-state index in [1.807, 2.05) is 41.3 Å². The number of nitrogens with one attached hydrogen (secondary N) is 1. The molecule has 8 heteroatoms. The predicted molar refractivity (Wildman–Crippen MR) is 144 cm³/mol. The zero-order chi connectivity index (χ0) is 25.9. The van der Waals surface area contributed by atoms with E-state index in [0.717, 1.165) is 46.2 Å². The largest absolute Gasteiger partial charge is 0.366 e. The number of carbonyl (C=O) groups excluding carboxylic acids is 2. The highest BCUT2D eigenvalue weighted by Crippen LogP contribution is 2.40. The van der Waals surface area contributed by atoms with Crippen molar-refractivity contribution in [3.8, 4) is 0 Å². The van der Waals surface area contributed by atoms with Crippen LogP contribution < -0.4 is 5.73 Å². The predicted octanol–water partition coefficient (Wildman–Crippen LogP) is 6.63. The minimum absolute atomic E-state index is 0.0602. The lowest BCUT2D eigenvalue weighted by molar-refractivity contribution is 0.0535. The second-order valence-corrected chi connectivity index (χ2v) is 11.6. The quantitative estimate of drug-likeness (QED) is 0.231. The fourth-order valence-electron chi connectivity index (χ4n) is 4.99. The molecule has 0 radical (unpaired) electrons. The van der Waals surface area contributed by atoms with E-state index in [4.69, 9.17) is 11.3 Å². The van der Waals surface area contributed by atoms with Crippen LogP contribution in [0.5, 0.6) is 0 Å². The maximum Gasteiger partial charge on any atom is 0.280 e. The molecule has 0 saturated heterocycles. The number of guanidine groups is 1. The van der Waals surface area contributed by atoms with Crippen LogP contribution in [0.4, 0.5) is 0 Å². The standard InChI is InChI=1S/C28H33N5O2S/c1-28(2,3)21-12-14-22(15-13-21)33(26(35)24-16-20-6-4-5-7-23(20)36-24)17-18-8-10-19(11-9-18)25(34)31-27(29)32-30/h4-11,16,21-22,30H,12-15,17H2,1-3H3,(H2,29,31,34). The van der Waals surface area contributed by atoms with Gasteiger partial charge in [-0.05, 0) is 72.2 Å². The fraction of sp³-hybridized carbons (Fsp3) is 0.393. The first-order valence-corrected chi connectivity index (χ1v) is 13.1. The molecule has 7 nitrogen and oxygen atoms in total. The third kappa shape index (κ3) is 5.87. The molecular weight excluding hydrogens is 470 g/mol. The first-order chi connectivity index (χ1) is 17.2. The van der Waals surface area contributed by atoms with Crippen molar-refractivity contribution in [2.45, 2.75) is 59.0 Å². The Kier molecular flexibility index (Phi) is 7.64. The first kappa shape index (κ1) is 25.7. The van der Waals surface area contributed by atoms with Gasteiger partial charge in [-0.3, -0.25) is 9.59 Å². The summed E-state index contributed by atoms with van der Waals surface area (Å²) in [5.41, 5.74) is 13.8. The molecule has 1 aliphatic rings. The number of hydrogen-bond acceptors (Lipinski definition) is 4. The van der Waals surface area contributed by atoms with Gasteiger partial charge in [0.1, 0.15) is 0 Å². The van der Waals surface area contributed by atoms with Crippen molar-refractivity contribution in [3.05, 3.63) is 70.6 Å². The maximum atomic E-state index is 13.8. The highest BCUT2D eigenvalue weighted by atomic mass is 32.1. The molecule has 1 saturated carbocycles. The van der Waals surface area contributed by atoms with Crippen molar-refractivity contribution >= 4 is 39.2 Å². The Balaban J connectivity index is 1.58. The number of amides is 2. The molecule has 36 heavy (non-hydrogen) atoms. The number of benzene rings is 2. The highest BCUT2D eigenvalue weighted by Gasteiger charge is 2.34. The average Bonchev–Trinajstić information content (AvgIpc) is 3.31. The monoisotopic (exact) mass is 503 g/mol. The summed E-state index contributed by atoms with van der Waals surface area (Å²) in [5.74, 6) is -0.211. The van der Waals surface area contributed by atoms with E-state index in [1.165, 1.54) is 0 Å². The number of nitrogens with zero attached hydrogens (tertiary/aromatic N) is 3. The Morgan fingerprint density at radius 1 is 1.06 bits per heavy atom. The van der Waals surface area contributed by atoms with Crippen LogP contribution in [0.15, 0.2) is 64.7 Å². The molecule has 0 spiro atoms. The van der Waals surface area contributed by atoms with Crippen LogP contribution in [-0.4, -0.2) is 28.7 Å². The van der Waals surface area contributed by atoms with Crippen LogP contribution in [0.1, 0.15) is 72.0 Å². The van der Waals surface area contributed by atoms with Crippen molar-refractivity contribution in [3.63, 3.8) is 0 Å². The van der Waals surface area contributed by atoms with Crippen molar-refractivity contribution in [1.82, 2.24) is 4.90 Å².